The highest BCUT2D eigenvalue weighted by molar-refractivity contribution is 14.1. The molecule has 8 nitrogen and oxygen atoms in total. The van der Waals surface area contributed by atoms with Crippen LogP contribution in [0.25, 0.3) is 0 Å². The summed E-state index contributed by atoms with van der Waals surface area (Å²) in [6, 6.07) is 0. The molecule has 0 spiro atoms. The van der Waals surface area contributed by atoms with Crippen molar-refractivity contribution in [1.29, 1.82) is 0 Å². The largest absolute Gasteiger partial charge is 0.459 e. The summed E-state index contributed by atoms with van der Waals surface area (Å²) in [6.45, 7) is 9.84. The summed E-state index contributed by atoms with van der Waals surface area (Å²) in [5.41, 5.74) is -2.52. The Morgan fingerprint density at radius 1 is 1.17 bits per heavy atom. The van der Waals surface area contributed by atoms with Crippen LogP contribution in [0.15, 0.2) is 0 Å². The van der Waals surface area contributed by atoms with Crippen molar-refractivity contribution in [3.63, 3.8) is 0 Å². The number of carbonyl (C=O) groups is 2. The minimum absolute atomic E-state index is 0.0450. The number of carbonyl (C=O) groups excluding carboxylic acids is 2. The summed E-state index contributed by atoms with van der Waals surface area (Å²) < 4.78 is 16.2. The summed E-state index contributed by atoms with van der Waals surface area (Å²) in [7, 11) is 0. The second-order valence-corrected chi connectivity index (χ2v) is 12.3. The van der Waals surface area contributed by atoms with E-state index in [1.807, 2.05) is 29.5 Å². The van der Waals surface area contributed by atoms with Gasteiger partial charge in [-0.1, -0.05) is 29.5 Å². The lowest BCUT2D eigenvalue weighted by molar-refractivity contribution is -0.179. The van der Waals surface area contributed by atoms with Crippen LogP contribution in [0.1, 0.15) is 67.2 Å². The molecule has 0 aromatic carbocycles. The topological polar surface area (TPSA) is 123 Å². The van der Waals surface area contributed by atoms with Gasteiger partial charge in [0.05, 0.1) is 23.2 Å². The van der Waals surface area contributed by atoms with Gasteiger partial charge in [0.2, 0.25) is 0 Å². The smallest absolute Gasteiger partial charge is 0.322 e. The van der Waals surface area contributed by atoms with Crippen LogP contribution in [0.3, 0.4) is 0 Å². The van der Waals surface area contributed by atoms with Crippen LogP contribution in [0.2, 0.25) is 0 Å². The van der Waals surface area contributed by atoms with E-state index in [2.05, 4.69) is 0 Å². The maximum atomic E-state index is 13.0. The van der Waals surface area contributed by atoms with Crippen LogP contribution >= 0.6 is 22.6 Å². The lowest BCUT2D eigenvalue weighted by Crippen LogP contribution is -2.48. The summed E-state index contributed by atoms with van der Waals surface area (Å²) in [5, 5.41) is 30.9. The molecule has 7 unspecified atom stereocenters. The van der Waals surface area contributed by atoms with E-state index >= 15 is 0 Å². The summed E-state index contributed by atoms with van der Waals surface area (Å²) >= 11 is 2.04. The number of aliphatic hydroxyl groups excluding tert-OH is 1. The number of aliphatic hydroxyl groups is 3. The van der Waals surface area contributed by atoms with Gasteiger partial charge in [0.1, 0.15) is 15.6 Å². The Balaban J connectivity index is 2.16. The fourth-order valence-electron chi connectivity index (χ4n) is 3.82. The molecule has 9 heteroatoms. The molecule has 2 aliphatic rings. The fourth-order valence-corrected chi connectivity index (χ4v) is 3.94. The highest BCUT2D eigenvalue weighted by Crippen LogP contribution is 2.44. The Morgan fingerprint density at radius 2 is 1.77 bits per heavy atom. The van der Waals surface area contributed by atoms with Crippen molar-refractivity contribution in [2.75, 3.05) is 0 Å². The molecule has 1 heterocycles. The molecule has 1 aliphatic heterocycles. The third kappa shape index (κ3) is 6.27. The van der Waals surface area contributed by atoms with Crippen molar-refractivity contribution >= 4 is 34.5 Å². The minimum Gasteiger partial charge on any atom is -0.459 e. The van der Waals surface area contributed by atoms with Gasteiger partial charge in [-0.3, -0.25) is 9.59 Å². The van der Waals surface area contributed by atoms with Crippen LogP contribution in [0, 0.1) is 11.8 Å². The number of halogens is 1. The first-order valence-electron chi connectivity index (χ1n) is 10.4. The summed E-state index contributed by atoms with van der Waals surface area (Å²) in [4.78, 5) is 25.6. The molecule has 0 aromatic rings. The number of hydrogen-bond acceptors (Lipinski definition) is 8. The Hall–Kier alpha value is -0.490. The van der Waals surface area contributed by atoms with Crippen molar-refractivity contribution in [2.45, 2.75) is 106 Å². The van der Waals surface area contributed by atoms with E-state index in [0.29, 0.717) is 12.8 Å². The predicted octanol–water partition coefficient (Wildman–Crippen LogP) is 2.09. The zero-order chi connectivity index (χ0) is 23.1. The molecule has 1 saturated carbocycles. The highest BCUT2D eigenvalue weighted by atomic mass is 127. The van der Waals surface area contributed by atoms with E-state index in [1.54, 1.807) is 20.8 Å². The molecule has 3 N–H and O–H groups in total. The number of fused-ring (bicyclic) bond motifs is 2. The van der Waals surface area contributed by atoms with Gasteiger partial charge >= 0.3 is 11.9 Å². The van der Waals surface area contributed by atoms with Crippen molar-refractivity contribution in [2.24, 2.45) is 11.8 Å². The first-order valence-corrected chi connectivity index (χ1v) is 11.5. The molecular weight excluding hydrogens is 507 g/mol. The average molecular weight is 542 g/mol. The molecule has 30 heavy (non-hydrogen) atoms. The van der Waals surface area contributed by atoms with Gasteiger partial charge in [-0.2, -0.15) is 0 Å². The van der Waals surface area contributed by atoms with Gasteiger partial charge in [0.25, 0.3) is 0 Å². The van der Waals surface area contributed by atoms with Gasteiger partial charge in [-0.05, 0) is 47.5 Å². The van der Waals surface area contributed by atoms with Gasteiger partial charge in [0.15, 0.2) is 6.29 Å². The van der Waals surface area contributed by atoms with Gasteiger partial charge in [0, 0.05) is 18.8 Å². The second-order valence-electron chi connectivity index (χ2n) is 9.90. The van der Waals surface area contributed by atoms with E-state index in [0.717, 1.165) is 0 Å². The normalized spacial score (nSPS) is 32.3. The third-order valence-corrected chi connectivity index (χ3v) is 7.19. The molecule has 2 fully saturated rings. The number of esters is 2. The van der Waals surface area contributed by atoms with Gasteiger partial charge in [-0.15, -0.1) is 0 Å². The zero-order valence-corrected chi connectivity index (χ0v) is 20.7. The Morgan fingerprint density at radius 3 is 2.27 bits per heavy atom. The second kappa shape index (κ2) is 9.17. The molecule has 174 valence electrons. The Bertz CT molecular complexity index is 636. The number of alkyl halides is 1. The molecule has 1 saturated heterocycles. The third-order valence-electron chi connectivity index (χ3n) is 5.98. The summed E-state index contributed by atoms with van der Waals surface area (Å²) in [5.74, 6) is -2.21. The molecule has 2 bridgehead atoms. The minimum atomic E-state index is -1.37. The van der Waals surface area contributed by atoms with Gasteiger partial charge in [-0.25, -0.2) is 0 Å². The first-order chi connectivity index (χ1) is 13.5. The van der Waals surface area contributed by atoms with Crippen molar-refractivity contribution in [3.05, 3.63) is 0 Å². The van der Waals surface area contributed by atoms with Crippen LogP contribution in [-0.2, 0) is 23.8 Å². The fraction of sp³-hybridized carbons (Fsp3) is 0.905. The monoisotopic (exact) mass is 542 g/mol. The molecule has 7 atom stereocenters. The van der Waals surface area contributed by atoms with Crippen molar-refractivity contribution in [3.8, 4) is 0 Å². The summed E-state index contributed by atoms with van der Waals surface area (Å²) in [6.07, 6.45) is -2.04. The Kier molecular flexibility index (Phi) is 7.88. The van der Waals surface area contributed by atoms with Gasteiger partial charge < -0.3 is 29.5 Å². The maximum absolute atomic E-state index is 13.0. The van der Waals surface area contributed by atoms with E-state index in [-0.39, 0.29) is 18.8 Å². The SMILES string of the molecule is CCC(C)(I)C(=O)OC1CC(C(=O)OC(CC(C)(C)O)C(C)(C)O)C2CC1OC2O. The molecule has 0 amide bonds. The number of ether oxygens (including phenoxy) is 3. The number of rotatable bonds is 8. The molecule has 0 radical (unpaired) electrons. The van der Waals surface area contributed by atoms with E-state index in [1.165, 1.54) is 13.8 Å². The van der Waals surface area contributed by atoms with Crippen LogP contribution < -0.4 is 0 Å². The zero-order valence-electron chi connectivity index (χ0n) is 18.6. The molecule has 0 aromatic heterocycles. The lowest BCUT2D eigenvalue weighted by atomic mass is 9.78. The Labute approximate surface area is 191 Å². The lowest BCUT2D eigenvalue weighted by Gasteiger charge is -2.37. The average Bonchev–Trinajstić information content (AvgIpc) is 2.91. The molecule has 2 rings (SSSR count). The first kappa shape index (κ1) is 25.8. The number of hydrogen-bond donors (Lipinski definition) is 3. The highest BCUT2D eigenvalue weighted by Gasteiger charge is 2.53. The van der Waals surface area contributed by atoms with Crippen molar-refractivity contribution < 1.29 is 39.1 Å². The van der Waals surface area contributed by atoms with Crippen LogP contribution in [-0.4, -0.2) is 66.5 Å². The van der Waals surface area contributed by atoms with E-state index in [4.69, 9.17) is 14.2 Å². The quantitative estimate of drug-likeness (QED) is 0.242. The maximum Gasteiger partial charge on any atom is 0.322 e. The van der Waals surface area contributed by atoms with Crippen molar-refractivity contribution in [1.82, 2.24) is 0 Å². The molecular formula is C21H35IO8. The van der Waals surface area contributed by atoms with E-state index < -0.39 is 57.0 Å². The molecule has 1 aliphatic carbocycles. The predicted molar refractivity (Wildman–Crippen MR) is 117 cm³/mol. The standard InChI is InChI=1S/C21H35IO8/c1-7-21(6,22)18(25)29-14-9-12(11-8-13(14)28-16(11)23)17(24)30-15(20(4,5)27)10-19(2,3)26/h11-16,23,26-27H,7-10H2,1-6H3. The van der Waals surface area contributed by atoms with Crippen LogP contribution in [0.5, 0.6) is 0 Å². The van der Waals surface area contributed by atoms with E-state index in [9.17, 15) is 24.9 Å². The van der Waals surface area contributed by atoms with Crippen LogP contribution in [0.4, 0.5) is 0 Å².